The molecular formula is C16H21N3O. The van der Waals surface area contributed by atoms with Crippen LogP contribution in [-0.2, 0) is 13.0 Å². The summed E-state index contributed by atoms with van der Waals surface area (Å²) in [5.41, 5.74) is 8.98. The lowest BCUT2D eigenvalue weighted by atomic mass is 10.1. The van der Waals surface area contributed by atoms with Gasteiger partial charge in [0.2, 0.25) is 0 Å². The van der Waals surface area contributed by atoms with Crippen molar-refractivity contribution in [3.63, 3.8) is 0 Å². The largest absolute Gasteiger partial charge is 0.487 e. The van der Waals surface area contributed by atoms with Crippen molar-refractivity contribution >= 4 is 0 Å². The predicted molar refractivity (Wildman–Crippen MR) is 79.5 cm³/mol. The molecule has 0 aromatic carbocycles. The monoisotopic (exact) mass is 271 g/mol. The van der Waals surface area contributed by atoms with Crippen LogP contribution in [0.2, 0.25) is 0 Å². The van der Waals surface area contributed by atoms with Gasteiger partial charge < -0.3 is 10.5 Å². The summed E-state index contributed by atoms with van der Waals surface area (Å²) in [5, 5.41) is 0. The van der Waals surface area contributed by atoms with Gasteiger partial charge in [0, 0.05) is 36.1 Å². The molecule has 0 amide bonds. The second-order valence-corrected chi connectivity index (χ2v) is 4.92. The number of nitrogens with zero attached hydrogens (tertiary/aromatic N) is 2. The van der Waals surface area contributed by atoms with Crippen molar-refractivity contribution in [3.05, 3.63) is 53.6 Å². The number of aromatic nitrogens is 2. The Kier molecular flexibility index (Phi) is 5.07. The van der Waals surface area contributed by atoms with Gasteiger partial charge in [0.15, 0.2) is 0 Å². The lowest BCUT2D eigenvalue weighted by Crippen LogP contribution is -2.22. The first-order valence-corrected chi connectivity index (χ1v) is 6.93. The molecule has 0 radical (unpaired) electrons. The van der Waals surface area contributed by atoms with Crippen LogP contribution in [0.15, 0.2) is 36.7 Å². The number of aryl methyl sites for hydroxylation is 1. The first kappa shape index (κ1) is 14.5. The third-order valence-electron chi connectivity index (χ3n) is 3.17. The SMILES string of the molecule is CCC(N)Cc1nc(C)ccc1OCc1cccnc1. The molecule has 0 spiro atoms. The zero-order valence-electron chi connectivity index (χ0n) is 12.0. The van der Waals surface area contributed by atoms with Gasteiger partial charge in [-0.3, -0.25) is 9.97 Å². The summed E-state index contributed by atoms with van der Waals surface area (Å²) in [4.78, 5) is 8.63. The lowest BCUT2D eigenvalue weighted by Gasteiger charge is -2.14. The highest BCUT2D eigenvalue weighted by Gasteiger charge is 2.10. The molecule has 0 fully saturated rings. The normalized spacial score (nSPS) is 12.2. The Bertz CT molecular complexity index is 543. The second-order valence-electron chi connectivity index (χ2n) is 4.92. The molecule has 2 aromatic heterocycles. The van der Waals surface area contributed by atoms with Crippen LogP contribution in [0.1, 0.15) is 30.3 Å². The van der Waals surface area contributed by atoms with Gasteiger partial charge in [-0.05, 0) is 31.5 Å². The van der Waals surface area contributed by atoms with E-state index in [2.05, 4.69) is 16.9 Å². The number of nitrogens with two attached hydrogens (primary N) is 1. The molecule has 4 nitrogen and oxygen atoms in total. The fourth-order valence-corrected chi connectivity index (χ4v) is 1.91. The summed E-state index contributed by atoms with van der Waals surface area (Å²) in [6.45, 7) is 4.55. The summed E-state index contributed by atoms with van der Waals surface area (Å²) < 4.78 is 5.87. The third kappa shape index (κ3) is 4.03. The lowest BCUT2D eigenvalue weighted by molar-refractivity contribution is 0.299. The van der Waals surface area contributed by atoms with E-state index in [1.807, 2.05) is 31.2 Å². The van der Waals surface area contributed by atoms with E-state index in [9.17, 15) is 0 Å². The van der Waals surface area contributed by atoms with Gasteiger partial charge in [-0.25, -0.2) is 0 Å². The van der Waals surface area contributed by atoms with Gasteiger partial charge in [0.25, 0.3) is 0 Å². The first-order valence-electron chi connectivity index (χ1n) is 6.93. The molecule has 2 heterocycles. The Balaban J connectivity index is 2.10. The van der Waals surface area contributed by atoms with E-state index < -0.39 is 0 Å². The summed E-state index contributed by atoms with van der Waals surface area (Å²) in [5.74, 6) is 0.809. The Morgan fingerprint density at radius 1 is 1.30 bits per heavy atom. The highest BCUT2D eigenvalue weighted by atomic mass is 16.5. The smallest absolute Gasteiger partial charge is 0.141 e. The van der Waals surface area contributed by atoms with Gasteiger partial charge in [0.1, 0.15) is 12.4 Å². The number of pyridine rings is 2. The van der Waals surface area contributed by atoms with Crippen molar-refractivity contribution in [2.45, 2.75) is 39.3 Å². The average Bonchev–Trinajstić information content (AvgIpc) is 2.47. The van der Waals surface area contributed by atoms with Gasteiger partial charge in [0.05, 0.1) is 5.69 Å². The average molecular weight is 271 g/mol. The quantitative estimate of drug-likeness (QED) is 0.877. The molecule has 20 heavy (non-hydrogen) atoms. The van der Waals surface area contributed by atoms with Crippen LogP contribution in [0.3, 0.4) is 0 Å². The molecule has 4 heteroatoms. The highest BCUT2D eigenvalue weighted by molar-refractivity contribution is 5.30. The van der Waals surface area contributed by atoms with Crippen molar-refractivity contribution < 1.29 is 4.74 Å². The first-order chi connectivity index (χ1) is 9.69. The number of hydrogen-bond acceptors (Lipinski definition) is 4. The van der Waals surface area contributed by atoms with Crippen LogP contribution in [0.4, 0.5) is 0 Å². The minimum absolute atomic E-state index is 0.116. The molecule has 1 atom stereocenters. The number of rotatable bonds is 6. The van der Waals surface area contributed by atoms with Crippen LogP contribution in [0.25, 0.3) is 0 Å². The molecule has 1 unspecified atom stereocenters. The number of hydrogen-bond donors (Lipinski definition) is 1. The van der Waals surface area contributed by atoms with Gasteiger partial charge >= 0.3 is 0 Å². The molecule has 0 aliphatic heterocycles. The van der Waals surface area contributed by atoms with E-state index in [0.29, 0.717) is 6.61 Å². The zero-order valence-corrected chi connectivity index (χ0v) is 12.0. The van der Waals surface area contributed by atoms with Crippen molar-refractivity contribution in [2.24, 2.45) is 5.73 Å². The van der Waals surface area contributed by atoms with Crippen LogP contribution in [0, 0.1) is 6.92 Å². The van der Waals surface area contributed by atoms with Gasteiger partial charge in [-0.15, -0.1) is 0 Å². The molecule has 0 aliphatic rings. The zero-order chi connectivity index (χ0) is 14.4. The van der Waals surface area contributed by atoms with Crippen LogP contribution >= 0.6 is 0 Å². The van der Waals surface area contributed by atoms with Crippen molar-refractivity contribution in [3.8, 4) is 5.75 Å². The molecule has 0 aliphatic carbocycles. The molecule has 0 saturated carbocycles. The van der Waals surface area contributed by atoms with Crippen LogP contribution < -0.4 is 10.5 Å². The Labute approximate surface area is 120 Å². The Morgan fingerprint density at radius 3 is 2.85 bits per heavy atom. The fraction of sp³-hybridized carbons (Fsp3) is 0.375. The summed E-state index contributed by atoms with van der Waals surface area (Å²) in [7, 11) is 0. The van der Waals surface area contributed by atoms with Crippen LogP contribution in [0.5, 0.6) is 5.75 Å². The topological polar surface area (TPSA) is 61.0 Å². The second kappa shape index (κ2) is 7.01. The molecule has 2 N–H and O–H groups in total. The minimum atomic E-state index is 0.116. The van der Waals surface area contributed by atoms with Gasteiger partial charge in [-0.1, -0.05) is 13.0 Å². The number of ether oxygens (including phenoxy) is 1. The predicted octanol–water partition coefficient (Wildman–Crippen LogP) is 2.64. The molecule has 2 rings (SSSR count). The Hall–Kier alpha value is -1.94. The summed E-state index contributed by atoms with van der Waals surface area (Å²) in [6, 6.07) is 7.94. The third-order valence-corrected chi connectivity index (χ3v) is 3.17. The maximum Gasteiger partial charge on any atom is 0.141 e. The molecular weight excluding hydrogens is 250 g/mol. The maximum atomic E-state index is 6.03. The van der Waals surface area contributed by atoms with E-state index in [1.165, 1.54) is 0 Å². The summed E-state index contributed by atoms with van der Waals surface area (Å²) >= 11 is 0. The van der Waals surface area contributed by atoms with Crippen molar-refractivity contribution in [1.29, 1.82) is 0 Å². The molecule has 106 valence electrons. The van der Waals surface area contributed by atoms with E-state index in [0.717, 1.165) is 35.5 Å². The summed E-state index contributed by atoms with van der Waals surface area (Å²) in [6.07, 6.45) is 5.22. The minimum Gasteiger partial charge on any atom is -0.487 e. The van der Waals surface area contributed by atoms with E-state index in [4.69, 9.17) is 10.5 Å². The van der Waals surface area contributed by atoms with Crippen LogP contribution in [-0.4, -0.2) is 16.0 Å². The molecule has 0 bridgehead atoms. The van der Waals surface area contributed by atoms with E-state index in [1.54, 1.807) is 12.4 Å². The molecule has 0 saturated heterocycles. The van der Waals surface area contributed by atoms with Gasteiger partial charge in [-0.2, -0.15) is 0 Å². The standard InChI is InChI=1S/C16H21N3O/c1-3-14(17)9-15-16(7-6-12(2)19-15)20-11-13-5-4-8-18-10-13/h4-8,10,14H,3,9,11,17H2,1-2H3. The molecule has 2 aromatic rings. The fourth-order valence-electron chi connectivity index (χ4n) is 1.91. The highest BCUT2D eigenvalue weighted by Crippen LogP contribution is 2.20. The van der Waals surface area contributed by atoms with Crippen molar-refractivity contribution in [2.75, 3.05) is 0 Å². The Morgan fingerprint density at radius 2 is 2.15 bits per heavy atom. The van der Waals surface area contributed by atoms with Crippen molar-refractivity contribution in [1.82, 2.24) is 9.97 Å². The van der Waals surface area contributed by atoms with E-state index in [-0.39, 0.29) is 6.04 Å². The maximum absolute atomic E-state index is 6.03. The van der Waals surface area contributed by atoms with E-state index >= 15 is 0 Å².